The van der Waals surface area contributed by atoms with Crippen molar-refractivity contribution in [3.63, 3.8) is 0 Å². The van der Waals surface area contributed by atoms with Crippen molar-refractivity contribution in [2.45, 2.75) is 13.5 Å². The summed E-state index contributed by atoms with van der Waals surface area (Å²) in [6, 6.07) is 7.93. The predicted octanol–water partition coefficient (Wildman–Crippen LogP) is 2.61. The van der Waals surface area contributed by atoms with Gasteiger partial charge < -0.3 is 0 Å². The average Bonchev–Trinajstić information content (AvgIpc) is 2.09. The molecule has 0 saturated heterocycles. The Labute approximate surface area is 72.7 Å². The lowest BCUT2D eigenvalue weighted by molar-refractivity contribution is 1.08. The average molecular weight is 160 g/mol. The molecule has 1 aromatic carbocycles. The van der Waals surface area contributed by atoms with Crippen LogP contribution in [0.15, 0.2) is 34.3 Å². The van der Waals surface area contributed by atoms with Crippen molar-refractivity contribution >= 4 is 18.6 Å². The van der Waals surface area contributed by atoms with Crippen LogP contribution in [0.5, 0.6) is 0 Å². The predicted molar refractivity (Wildman–Crippen MR) is 53.5 cm³/mol. The van der Waals surface area contributed by atoms with E-state index in [-0.39, 0.29) is 0 Å². The van der Waals surface area contributed by atoms with Gasteiger partial charge in [0.05, 0.1) is 12.2 Å². The van der Waals surface area contributed by atoms with E-state index < -0.39 is 0 Å². The fourth-order valence-corrected chi connectivity index (χ4v) is 1.03. The number of nitrogens with zero attached hydrogens (tertiary/aromatic N) is 2. The Morgan fingerprint density at radius 1 is 1.42 bits per heavy atom. The second kappa shape index (κ2) is 4.44. The maximum atomic E-state index is 4.21. The Hall–Kier alpha value is -1.44. The van der Waals surface area contributed by atoms with Crippen molar-refractivity contribution in [1.82, 2.24) is 0 Å². The first-order chi connectivity index (χ1) is 5.88. The topological polar surface area (TPSA) is 24.7 Å². The molecule has 0 spiro atoms. The number of hydrogen-bond acceptors (Lipinski definition) is 2. The SMILES string of the molecule is C=NCc1ccccc1/N=C\C. The lowest BCUT2D eigenvalue weighted by Gasteiger charge is -2.00. The highest BCUT2D eigenvalue weighted by Crippen LogP contribution is 2.18. The number of hydrogen-bond donors (Lipinski definition) is 0. The molecule has 0 amide bonds. The monoisotopic (exact) mass is 160 g/mol. The highest BCUT2D eigenvalue weighted by atomic mass is 14.7. The summed E-state index contributed by atoms with van der Waals surface area (Å²) in [6.07, 6.45) is 1.78. The van der Waals surface area contributed by atoms with Gasteiger partial charge in [-0.15, -0.1) is 0 Å². The van der Waals surface area contributed by atoms with Crippen molar-refractivity contribution in [3.8, 4) is 0 Å². The first kappa shape index (κ1) is 8.65. The van der Waals surface area contributed by atoms with Crippen molar-refractivity contribution in [1.29, 1.82) is 0 Å². The van der Waals surface area contributed by atoms with Crippen molar-refractivity contribution in [3.05, 3.63) is 29.8 Å². The molecule has 0 aliphatic heterocycles. The van der Waals surface area contributed by atoms with E-state index in [4.69, 9.17) is 0 Å². The Morgan fingerprint density at radius 3 is 2.83 bits per heavy atom. The number of benzene rings is 1. The van der Waals surface area contributed by atoms with Gasteiger partial charge in [-0.2, -0.15) is 0 Å². The molecule has 0 aromatic heterocycles. The highest BCUT2D eigenvalue weighted by Gasteiger charge is 1.95. The molecular formula is C10H12N2. The van der Waals surface area contributed by atoms with Gasteiger partial charge in [-0.25, -0.2) is 0 Å². The molecule has 0 N–H and O–H groups in total. The minimum atomic E-state index is 0.632. The molecule has 0 saturated carbocycles. The molecule has 1 rings (SSSR count). The second-order valence-electron chi connectivity index (χ2n) is 2.40. The Morgan fingerprint density at radius 2 is 2.17 bits per heavy atom. The van der Waals surface area contributed by atoms with Crippen LogP contribution in [0.2, 0.25) is 0 Å². The van der Waals surface area contributed by atoms with Gasteiger partial charge in [0.25, 0.3) is 0 Å². The van der Waals surface area contributed by atoms with Crippen LogP contribution >= 0.6 is 0 Å². The minimum absolute atomic E-state index is 0.632. The largest absolute Gasteiger partial charge is 0.296 e. The number of rotatable bonds is 3. The molecule has 2 nitrogen and oxygen atoms in total. The molecule has 62 valence electrons. The lowest BCUT2D eigenvalue weighted by Crippen LogP contribution is -1.80. The Bertz CT molecular complexity index is 290. The summed E-state index contributed by atoms with van der Waals surface area (Å²) in [5, 5.41) is 0. The third-order valence-corrected chi connectivity index (χ3v) is 1.54. The zero-order valence-electron chi connectivity index (χ0n) is 7.20. The van der Waals surface area contributed by atoms with Gasteiger partial charge in [-0.05, 0) is 25.3 Å². The van der Waals surface area contributed by atoms with E-state index in [1.54, 1.807) is 6.21 Å². The van der Waals surface area contributed by atoms with E-state index in [1.807, 2.05) is 31.2 Å². The third kappa shape index (κ3) is 2.02. The maximum absolute atomic E-state index is 4.21. The first-order valence-corrected chi connectivity index (χ1v) is 3.87. The van der Waals surface area contributed by atoms with Crippen molar-refractivity contribution < 1.29 is 0 Å². The Balaban J connectivity index is 2.99. The van der Waals surface area contributed by atoms with Crippen LogP contribution in [-0.2, 0) is 6.54 Å². The maximum Gasteiger partial charge on any atom is 0.0676 e. The zero-order chi connectivity index (χ0) is 8.81. The molecule has 0 bridgehead atoms. The molecule has 0 radical (unpaired) electrons. The standard InChI is InChI=1S/C10H12N2/c1-3-12-10-7-5-4-6-9(10)8-11-2/h3-7H,2,8H2,1H3/b12-3-. The van der Waals surface area contributed by atoms with E-state index in [9.17, 15) is 0 Å². The van der Waals surface area contributed by atoms with Gasteiger partial charge in [0.1, 0.15) is 0 Å². The molecule has 0 unspecified atom stereocenters. The fourth-order valence-electron chi connectivity index (χ4n) is 1.03. The smallest absolute Gasteiger partial charge is 0.0676 e. The van der Waals surface area contributed by atoms with Gasteiger partial charge in [0.2, 0.25) is 0 Å². The highest BCUT2D eigenvalue weighted by molar-refractivity contribution is 5.62. The minimum Gasteiger partial charge on any atom is -0.296 e. The van der Waals surface area contributed by atoms with Gasteiger partial charge in [0.15, 0.2) is 0 Å². The molecule has 1 aromatic rings. The summed E-state index contributed by atoms with van der Waals surface area (Å²) in [6.45, 7) is 5.99. The molecule has 0 fully saturated rings. The molecule has 0 aliphatic carbocycles. The van der Waals surface area contributed by atoms with Crippen LogP contribution in [0.25, 0.3) is 0 Å². The van der Waals surface area contributed by atoms with Crippen molar-refractivity contribution in [2.75, 3.05) is 0 Å². The van der Waals surface area contributed by atoms with Crippen LogP contribution in [-0.4, -0.2) is 12.9 Å². The van der Waals surface area contributed by atoms with E-state index >= 15 is 0 Å². The molecule has 12 heavy (non-hydrogen) atoms. The summed E-state index contributed by atoms with van der Waals surface area (Å²) in [5.41, 5.74) is 2.10. The van der Waals surface area contributed by atoms with E-state index in [0.29, 0.717) is 6.54 Å². The molecular weight excluding hydrogens is 148 g/mol. The summed E-state index contributed by atoms with van der Waals surface area (Å²) < 4.78 is 0. The molecule has 0 heterocycles. The van der Waals surface area contributed by atoms with Gasteiger partial charge in [-0.3, -0.25) is 9.98 Å². The van der Waals surface area contributed by atoms with Crippen LogP contribution in [0.1, 0.15) is 12.5 Å². The molecule has 0 atom stereocenters. The van der Waals surface area contributed by atoms with E-state index in [2.05, 4.69) is 16.7 Å². The van der Waals surface area contributed by atoms with Crippen LogP contribution in [0.3, 0.4) is 0 Å². The molecule has 0 aliphatic rings. The quantitative estimate of drug-likeness (QED) is 0.607. The summed E-state index contributed by atoms with van der Waals surface area (Å²) >= 11 is 0. The summed E-state index contributed by atoms with van der Waals surface area (Å²) in [4.78, 5) is 8.04. The van der Waals surface area contributed by atoms with Gasteiger partial charge in [-0.1, -0.05) is 18.2 Å². The summed E-state index contributed by atoms with van der Waals surface area (Å²) in [7, 11) is 0. The van der Waals surface area contributed by atoms with E-state index in [0.717, 1.165) is 11.3 Å². The van der Waals surface area contributed by atoms with Gasteiger partial charge in [0, 0.05) is 6.21 Å². The number of aliphatic imine (C=N–C) groups is 2. The zero-order valence-corrected chi connectivity index (χ0v) is 7.20. The first-order valence-electron chi connectivity index (χ1n) is 3.87. The van der Waals surface area contributed by atoms with E-state index in [1.165, 1.54) is 0 Å². The van der Waals surface area contributed by atoms with Crippen LogP contribution < -0.4 is 0 Å². The third-order valence-electron chi connectivity index (χ3n) is 1.54. The second-order valence-corrected chi connectivity index (χ2v) is 2.40. The van der Waals surface area contributed by atoms with Crippen LogP contribution in [0, 0.1) is 0 Å². The molecule has 2 heteroatoms. The Kier molecular flexibility index (Phi) is 3.20. The van der Waals surface area contributed by atoms with Crippen molar-refractivity contribution in [2.24, 2.45) is 9.98 Å². The van der Waals surface area contributed by atoms with Crippen LogP contribution in [0.4, 0.5) is 5.69 Å². The number of para-hydroxylation sites is 1. The fraction of sp³-hybridized carbons (Fsp3) is 0.200. The lowest BCUT2D eigenvalue weighted by atomic mass is 10.2. The summed E-state index contributed by atoms with van der Waals surface area (Å²) in [5.74, 6) is 0. The normalized spacial score (nSPS) is 10.4. The van der Waals surface area contributed by atoms with Gasteiger partial charge >= 0.3 is 0 Å².